The van der Waals surface area contributed by atoms with Gasteiger partial charge in [0.25, 0.3) is 0 Å². The number of nitrogens with one attached hydrogen (secondary N) is 2. The van der Waals surface area contributed by atoms with E-state index in [2.05, 4.69) is 31.6 Å². The molecule has 0 bridgehead atoms. The lowest BCUT2D eigenvalue weighted by molar-refractivity contribution is -0.137. The number of aliphatic hydroxyl groups excluding tert-OH is 2. The standard InChI is InChI=1S/C18H36O2.C15H35N3O2/c1-2-3-4-5-6-7-8-9-10-11-12-13-14-15-16-17-18(19)20;1-3-5-6-7-8-9-10-12-15(11-4-2)18(16-13-19)17-14-20/h2-17H2,1H3,(H,19,20);15-17,19-20H,3-14H2,1-2H3. The zero-order valence-electron chi connectivity index (χ0n) is 27.1. The summed E-state index contributed by atoms with van der Waals surface area (Å²) in [5.41, 5.74) is 5.71. The minimum Gasteiger partial charge on any atom is -0.481 e. The summed E-state index contributed by atoms with van der Waals surface area (Å²) in [5.74, 6) is -0.653. The Bertz CT molecular complexity index is 477. The highest BCUT2D eigenvalue weighted by Crippen LogP contribution is 2.15. The molecule has 7 nitrogen and oxygen atoms in total. The molecule has 0 aliphatic heterocycles. The molecular weight excluding hydrogens is 502 g/mol. The average Bonchev–Trinajstić information content (AvgIpc) is 2.94. The molecular formula is C33H71N3O4. The van der Waals surface area contributed by atoms with Crippen LogP contribution in [0.3, 0.4) is 0 Å². The van der Waals surface area contributed by atoms with Crippen LogP contribution < -0.4 is 10.9 Å². The first-order valence-electron chi connectivity index (χ1n) is 17.3. The molecule has 1 unspecified atom stereocenters. The van der Waals surface area contributed by atoms with E-state index in [1.807, 2.05) is 0 Å². The van der Waals surface area contributed by atoms with E-state index in [4.69, 9.17) is 15.3 Å². The van der Waals surface area contributed by atoms with Crippen LogP contribution in [-0.2, 0) is 4.79 Å². The van der Waals surface area contributed by atoms with Crippen molar-refractivity contribution in [3.63, 3.8) is 0 Å². The number of nitrogens with zero attached hydrogens (tertiary/aromatic N) is 1. The molecule has 0 saturated heterocycles. The van der Waals surface area contributed by atoms with E-state index >= 15 is 0 Å². The summed E-state index contributed by atoms with van der Waals surface area (Å²) >= 11 is 0. The van der Waals surface area contributed by atoms with Crippen molar-refractivity contribution in [2.24, 2.45) is 0 Å². The summed E-state index contributed by atoms with van der Waals surface area (Å²) < 4.78 is 0. The van der Waals surface area contributed by atoms with Gasteiger partial charge in [0.1, 0.15) is 13.5 Å². The first-order chi connectivity index (χ1) is 19.6. The molecule has 5 N–H and O–H groups in total. The number of carboxylic acids is 1. The first-order valence-corrected chi connectivity index (χ1v) is 17.3. The van der Waals surface area contributed by atoms with E-state index in [1.165, 1.54) is 128 Å². The molecule has 0 aromatic heterocycles. The number of carboxylic acid groups (broad SMARTS) is 1. The van der Waals surface area contributed by atoms with Crippen LogP contribution in [0.4, 0.5) is 0 Å². The lowest BCUT2D eigenvalue weighted by atomic mass is 10.0. The van der Waals surface area contributed by atoms with Gasteiger partial charge < -0.3 is 15.3 Å². The first kappa shape index (κ1) is 41.4. The van der Waals surface area contributed by atoms with Crippen molar-refractivity contribution in [2.75, 3.05) is 13.5 Å². The maximum Gasteiger partial charge on any atom is 0.303 e. The molecule has 0 amide bonds. The second kappa shape index (κ2) is 36.3. The predicted octanol–water partition coefficient (Wildman–Crippen LogP) is 8.84. The molecule has 0 aliphatic rings. The van der Waals surface area contributed by atoms with Crippen LogP contribution in [0, 0.1) is 0 Å². The van der Waals surface area contributed by atoms with Crippen LogP contribution >= 0.6 is 0 Å². The van der Waals surface area contributed by atoms with E-state index in [0.29, 0.717) is 12.5 Å². The Balaban J connectivity index is 0. The molecule has 0 fully saturated rings. The third-order valence-electron chi connectivity index (χ3n) is 7.60. The lowest BCUT2D eigenvalue weighted by Gasteiger charge is -2.31. The molecule has 0 aliphatic carbocycles. The van der Waals surface area contributed by atoms with Gasteiger partial charge in [0, 0.05) is 12.5 Å². The Kier molecular flexibility index (Phi) is 37.6. The van der Waals surface area contributed by atoms with Gasteiger partial charge in [-0.05, 0) is 19.3 Å². The minimum absolute atomic E-state index is 0.121. The normalized spacial score (nSPS) is 11.9. The molecule has 0 heterocycles. The number of hydrogen-bond acceptors (Lipinski definition) is 6. The molecule has 7 heteroatoms. The van der Waals surface area contributed by atoms with Crippen molar-refractivity contribution in [2.45, 2.75) is 194 Å². The highest BCUT2D eigenvalue weighted by Gasteiger charge is 2.16. The topological polar surface area (TPSA) is 105 Å². The number of aliphatic hydroxyl groups is 2. The van der Waals surface area contributed by atoms with Crippen LogP contribution in [0.15, 0.2) is 0 Å². The molecule has 0 aromatic rings. The van der Waals surface area contributed by atoms with Crippen molar-refractivity contribution in [1.82, 2.24) is 16.0 Å². The fraction of sp³-hybridized carbons (Fsp3) is 0.970. The zero-order chi connectivity index (χ0) is 29.9. The number of carbonyl (C=O) groups is 1. The van der Waals surface area contributed by atoms with Gasteiger partial charge in [0.05, 0.1) is 0 Å². The largest absolute Gasteiger partial charge is 0.481 e. The summed E-state index contributed by atoms with van der Waals surface area (Å²) in [6.45, 7) is 6.43. The second-order valence-corrected chi connectivity index (χ2v) is 11.4. The number of hydrazine groups is 2. The summed E-state index contributed by atoms with van der Waals surface area (Å²) in [6, 6.07) is 0.315. The van der Waals surface area contributed by atoms with Crippen molar-refractivity contribution < 1.29 is 20.1 Å². The Morgan fingerprint density at radius 2 is 0.875 bits per heavy atom. The van der Waals surface area contributed by atoms with E-state index < -0.39 is 5.97 Å². The second-order valence-electron chi connectivity index (χ2n) is 11.4. The van der Waals surface area contributed by atoms with Gasteiger partial charge in [0.15, 0.2) is 0 Å². The average molecular weight is 574 g/mol. The van der Waals surface area contributed by atoms with E-state index in [1.54, 1.807) is 5.12 Å². The Morgan fingerprint density at radius 1 is 0.525 bits per heavy atom. The fourth-order valence-electron chi connectivity index (χ4n) is 5.19. The van der Waals surface area contributed by atoms with Crippen LogP contribution in [0.1, 0.15) is 188 Å². The van der Waals surface area contributed by atoms with E-state index in [0.717, 1.165) is 32.1 Å². The molecule has 0 saturated carbocycles. The summed E-state index contributed by atoms with van der Waals surface area (Å²) in [5, 5.41) is 28.3. The van der Waals surface area contributed by atoms with Crippen molar-refractivity contribution in [3.05, 3.63) is 0 Å². The van der Waals surface area contributed by atoms with Crippen LogP contribution in [-0.4, -0.2) is 45.9 Å². The number of unbranched alkanes of at least 4 members (excludes halogenated alkanes) is 20. The summed E-state index contributed by atoms with van der Waals surface area (Å²) in [6.07, 6.45) is 32.6. The molecule has 0 aromatic carbocycles. The van der Waals surface area contributed by atoms with Gasteiger partial charge in [0.2, 0.25) is 0 Å². The maximum atomic E-state index is 10.3. The maximum absolute atomic E-state index is 10.3. The summed E-state index contributed by atoms with van der Waals surface area (Å²) in [4.78, 5) is 10.3. The number of rotatable bonds is 31. The predicted molar refractivity (Wildman–Crippen MR) is 171 cm³/mol. The third-order valence-corrected chi connectivity index (χ3v) is 7.60. The Labute approximate surface area is 249 Å². The van der Waals surface area contributed by atoms with E-state index in [9.17, 15) is 4.79 Å². The Hall–Kier alpha value is -0.730. The molecule has 1 atom stereocenters. The van der Waals surface area contributed by atoms with Gasteiger partial charge in [-0.1, -0.05) is 162 Å². The number of hydrogen-bond donors (Lipinski definition) is 5. The fourth-order valence-corrected chi connectivity index (χ4v) is 5.19. The van der Waals surface area contributed by atoms with Crippen molar-refractivity contribution >= 4 is 5.97 Å². The molecule has 242 valence electrons. The third kappa shape index (κ3) is 33.5. The van der Waals surface area contributed by atoms with Gasteiger partial charge in [-0.15, -0.1) is 0 Å². The van der Waals surface area contributed by atoms with Crippen LogP contribution in [0.2, 0.25) is 0 Å². The lowest BCUT2D eigenvalue weighted by Crippen LogP contribution is -2.54. The molecule has 0 rings (SSSR count). The quantitative estimate of drug-likeness (QED) is 0.0320. The van der Waals surface area contributed by atoms with Gasteiger partial charge >= 0.3 is 5.97 Å². The summed E-state index contributed by atoms with van der Waals surface area (Å²) in [7, 11) is 0. The SMILES string of the molecule is CCCCCCCCCC(CCC)N(NCO)NCO.CCCCCCCCCCCCCCCCCC(=O)O. The van der Waals surface area contributed by atoms with Gasteiger partial charge in [-0.25, -0.2) is 10.9 Å². The highest BCUT2D eigenvalue weighted by molar-refractivity contribution is 5.66. The van der Waals surface area contributed by atoms with Gasteiger partial charge in [-0.2, -0.15) is 5.12 Å². The van der Waals surface area contributed by atoms with E-state index in [-0.39, 0.29) is 13.5 Å². The minimum atomic E-state index is -0.653. The number of aliphatic carboxylic acids is 1. The molecule has 40 heavy (non-hydrogen) atoms. The van der Waals surface area contributed by atoms with Crippen LogP contribution in [0.5, 0.6) is 0 Å². The monoisotopic (exact) mass is 574 g/mol. The molecule has 0 spiro atoms. The highest BCUT2D eigenvalue weighted by atomic mass is 16.4. The Morgan fingerprint density at radius 3 is 1.20 bits per heavy atom. The van der Waals surface area contributed by atoms with Crippen molar-refractivity contribution in [3.8, 4) is 0 Å². The zero-order valence-corrected chi connectivity index (χ0v) is 27.1. The van der Waals surface area contributed by atoms with Crippen LogP contribution in [0.25, 0.3) is 0 Å². The molecule has 0 radical (unpaired) electrons. The smallest absolute Gasteiger partial charge is 0.303 e. The van der Waals surface area contributed by atoms with Gasteiger partial charge in [-0.3, -0.25) is 4.79 Å². The van der Waals surface area contributed by atoms with Crippen molar-refractivity contribution in [1.29, 1.82) is 0 Å².